The summed E-state index contributed by atoms with van der Waals surface area (Å²) in [5, 5.41) is 0. The Balaban J connectivity index is 2.05. The number of carbonyl (C=O) groups excluding carboxylic acids is 1. The molecule has 2 aromatic rings. The van der Waals surface area contributed by atoms with E-state index in [2.05, 4.69) is 13.8 Å². The lowest BCUT2D eigenvalue weighted by atomic mass is 9.89. The molecule has 0 fully saturated rings. The Labute approximate surface area is 117 Å². The fourth-order valence-electron chi connectivity index (χ4n) is 3.73. The van der Waals surface area contributed by atoms with Crippen molar-refractivity contribution in [1.82, 2.24) is 0 Å². The predicted octanol–water partition coefficient (Wildman–Crippen LogP) is 4.21. The molecule has 2 unspecified atom stereocenters. The summed E-state index contributed by atoms with van der Waals surface area (Å²) in [4.78, 5) is 12.1. The van der Waals surface area contributed by atoms with Crippen molar-refractivity contribution >= 4 is 17.1 Å². The number of esters is 1. The van der Waals surface area contributed by atoms with Gasteiger partial charge in [-0.05, 0) is 26.7 Å². The lowest BCUT2D eigenvalue weighted by Crippen LogP contribution is -2.16. The summed E-state index contributed by atoms with van der Waals surface area (Å²) in [6.45, 7) is 8.04. The zero-order valence-electron chi connectivity index (χ0n) is 12.2. The normalized spacial score (nSPS) is 27.1. The number of fused-ring (bicyclic) bond motifs is 8. The maximum absolute atomic E-state index is 12.1. The first-order valence-corrected chi connectivity index (χ1v) is 7.30. The number of cyclic esters (lactones) is 1. The van der Waals surface area contributed by atoms with E-state index in [4.69, 9.17) is 13.9 Å². The van der Waals surface area contributed by atoms with E-state index in [-0.39, 0.29) is 18.2 Å². The van der Waals surface area contributed by atoms with Crippen LogP contribution in [0.1, 0.15) is 79.8 Å². The van der Waals surface area contributed by atoms with Crippen LogP contribution >= 0.6 is 0 Å². The van der Waals surface area contributed by atoms with Crippen LogP contribution in [-0.2, 0) is 15.1 Å². The minimum Gasteiger partial charge on any atom is -0.455 e. The van der Waals surface area contributed by atoms with E-state index in [0.717, 1.165) is 35.1 Å². The molecule has 0 saturated heterocycles. The molecule has 0 aromatic carbocycles. The van der Waals surface area contributed by atoms with Crippen LogP contribution in [0.25, 0.3) is 11.2 Å². The van der Waals surface area contributed by atoms with Crippen LogP contribution < -0.4 is 0 Å². The first kappa shape index (κ1) is 12.2. The maximum atomic E-state index is 12.1. The van der Waals surface area contributed by atoms with Crippen LogP contribution in [-0.4, -0.2) is 5.97 Å². The van der Waals surface area contributed by atoms with Gasteiger partial charge in [0.2, 0.25) is 0 Å². The number of ether oxygens (including phenoxy) is 2. The molecule has 0 spiro atoms. The van der Waals surface area contributed by atoms with Gasteiger partial charge in [0, 0.05) is 11.1 Å². The first-order chi connectivity index (χ1) is 9.49. The van der Waals surface area contributed by atoms with Gasteiger partial charge in [-0.2, -0.15) is 0 Å². The Morgan fingerprint density at radius 2 is 1.65 bits per heavy atom. The molecule has 2 aliphatic heterocycles. The highest BCUT2D eigenvalue weighted by Gasteiger charge is 2.50. The second-order valence-corrected chi connectivity index (χ2v) is 6.17. The average Bonchev–Trinajstić information content (AvgIpc) is 3.08. The summed E-state index contributed by atoms with van der Waals surface area (Å²) in [6, 6.07) is 0. The molecular weight excluding hydrogens is 256 g/mol. The SMILES string of the molecule is CCC1OC(CC)c2c1c1oc2c2c1C(=O)OC2(C)C. The third-order valence-electron chi connectivity index (χ3n) is 4.56. The van der Waals surface area contributed by atoms with Crippen molar-refractivity contribution in [2.45, 2.75) is 58.3 Å². The van der Waals surface area contributed by atoms with Gasteiger partial charge >= 0.3 is 5.97 Å². The molecule has 0 amide bonds. The minimum absolute atomic E-state index is 0.0352. The van der Waals surface area contributed by atoms with Gasteiger partial charge in [-0.3, -0.25) is 0 Å². The van der Waals surface area contributed by atoms with Gasteiger partial charge in [0.25, 0.3) is 0 Å². The Morgan fingerprint density at radius 1 is 1.05 bits per heavy atom. The highest BCUT2D eigenvalue weighted by molar-refractivity contribution is 6.07. The van der Waals surface area contributed by atoms with Gasteiger partial charge in [-0.15, -0.1) is 0 Å². The van der Waals surface area contributed by atoms with Crippen molar-refractivity contribution in [2.24, 2.45) is 0 Å². The van der Waals surface area contributed by atoms with Crippen LogP contribution in [0.2, 0.25) is 0 Å². The average molecular weight is 274 g/mol. The Hall–Kier alpha value is -1.55. The Kier molecular flexibility index (Phi) is 2.17. The number of rotatable bonds is 2. The fourth-order valence-corrected chi connectivity index (χ4v) is 3.73. The van der Waals surface area contributed by atoms with Crippen molar-refractivity contribution < 1.29 is 18.7 Å². The van der Waals surface area contributed by atoms with Gasteiger partial charge in [0.1, 0.15) is 22.3 Å². The third-order valence-corrected chi connectivity index (χ3v) is 4.56. The van der Waals surface area contributed by atoms with Gasteiger partial charge < -0.3 is 13.9 Å². The van der Waals surface area contributed by atoms with E-state index >= 15 is 0 Å². The quantitative estimate of drug-likeness (QED) is 0.770. The van der Waals surface area contributed by atoms with Crippen LogP contribution in [0.4, 0.5) is 0 Å². The largest absolute Gasteiger partial charge is 0.455 e. The van der Waals surface area contributed by atoms with Crippen molar-refractivity contribution in [1.29, 1.82) is 0 Å². The Bertz CT molecular complexity index is 709. The number of hydrogen-bond acceptors (Lipinski definition) is 4. The van der Waals surface area contributed by atoms with Gasteiger partial charge in [0.05, 0.1) is 17.8 Å². The van der Waals surface area contributed by atoms with Crippen molar-refractivity contribution in [2.75, 3.05) is 0 Å². The number of benzene rings is 1. The summed E-state index contributed by atoms with van der Waals surface area (Å²) >= 11 is 0. The number of hydrogen-bond donors (Lipinski definition) is 0. The molecule has 4 heteroatoms. The molecule has 4 heterocycles. The molecule has 2 bridgehead atoms. The Morgan fingerprint density at radius 3 is 2.25 bits per heavy atom. The molecule has 2 aliphatic rings. The van der Waals surface area contributed by atoms with Gasteiger partial charge in [0.15, 0.2) is 0 Å². The lowest BCUT2D eigenvalue weighted by Gasteiger charge is -2.17. The molecule has 0 N–H and O–H groups in total. The summed E-state index contributed by atoms with van der Waals surface area (Å²) in [5.74, 6) is -0.267. The summed E-state index contributed by atoms with van der Waals surface area (Å²) in [6.07, 6.45) is 1.90. The van der Waals surface area contributed by atoms with Crippen molar-refractivity contribution in [3.05, 3.63) is 22.3 Å². The molecule has 0 saturated carbocycles. The smallest absolute Gasteiger partial charge is 0.343 e. The lowest BCUT2D eigenvalue weighted by molar-refractivity contribution is 0.00560. The predicted molar refractivity (Wildman–Crippen MR) is 73.0 cm³/mol. The molecule has 20 heavy (non-hydrogen) atoms. The molecule has 4 nitrogen and oxygen atoms in total. The number of carbonyl (C=O) groups is 1. The fraction of sp³-hybridized carbons (Fsp3) is 0.562. The second-order valence-electron chi connectivity index (χ2n) is 6.17. The van der Waals surface area contributed by atoms with E-state index in [0.29, 0.717) is 11.1 Å². The second kappa shape index (κ2) is 3.55. The minimum atomic E-state index is -0.607. The molecular formula is C16H18O4. The maximum Gasteiger partial charge on any atom is 0.343 e. The monoisotopic (exact) mass is 274 g/mol. The summed E-state index contributed by atoms with van der Waals surface area (Å²) in [7, 11) is 0. The van der Waals surface area contributed by atoms with Crippen LogP contribution in [0.5, 0.6) is 0 Å². The van der Waals surface area contributed by atoms with Crippen LogP contribution in [0.3, 0.4) is 0 Å². The van der Waals surface area contributed by atoms with Crippen molar-refractivity contribution in [3.8, 4) is 0 Å². The molecule has 4 rings (SSSR count). The van der Waals surface area contributed by atoms with E-state index in [1.165, 1.54) is 0 Å². The summed E-state index contributed by atoms with van der Waals surface area (Å²) < 4.78 is 17.6. The molecule has 2 aromatic heterocycles. The molecule has 0 aliphatic carbocycles. The number of furan rings is 2. The standard InChI is InChI=1S/C16H18O4/c1-5-7-9-10(8(6-2)18-7)14-12-11(13(9)19-14)15(17)20-16(12,3)4/h7-8H,5-6H2,1-4H3. The van der Waals surface area contributed by atoms with Gasteiger partial charge in [-0.1, -0.05) is 13.8 Å². The zero-order chi connectivity index (χ0) is 14.2. The molecule has 106 valence electrons. The molecule has 0 radical (unpaired) electrons. The van der Waals surface area contributed by atoms with Gasteiger partial charge in [-0.25, -0.2) is 4.79 Å². The van der Waals surface area contributed by atoms with Crippen LogP contribution in [0.15, 0.2) is 4.42 Å². The highest BCUT2D eigenvalue weighted by atomic mass is 16.6. The van der Waals surface area contributed by atoms with E-state index in [9.17, 15) is 4.79 Å². The van der Waals surface area contributed by atoms with E-state index in [1.807, 2.05) is 13.8 Å². The van der Waals surface area contributed by atoms with E-state index < -0.39 is 5.60 Å². The topological polar surface area (TPSA) is 48.7 Å². The highest BCUT2D eigenvalue weighted by Crippen LogP contribution is 2.56. The molecule has 2 atom stereocenters. The third kappa shape index (κ3) is 1.19. The van der Waals surface area contributed by atoms with Crippen LogP contribution in [0, 0.1) is 0 Å². The van der Waals surface area contributed by atoms with Crippen molar-refractivity contribution in [3.63, 3.8) is 0 Å². The zero-order valence-corrected chi connectivity index (χ0v) is 12.2. The van der Waals surface area contributed by atoms with E-state index in [1.54, 1.807) is 0 Å². The first-order valence-electron chi connectivity index (χ1n) is 7.30. The summed E-state index contributed by atoms with van der Waals surface area (Å²) in [5.41, 5.74) is 4.69.